The number of amidine groups is 1. The van der Waals surface area contributed by atoms with Crippen LogP contribution in [0.4, 0.5) is 5.82 Å². The summed E-state index contributed by atoms with van der Waals surface area (Å²) in [7, 11) is 0. The molecule has 5 heteroatoms. The van der Waals surface area contributed by atoms with E-state index < -0.39 is 0 Å². The zero-order valence-corrected chi connectivity index (χ0v) is 10.2. The SMILES string of the molecule is CC1CCCN(c2nnccc2C(=N)N)CC1. The minimum Gasteiger partial charge on any atom is -0.384 e. The van der Waals surface area contributed by atoms with E-state index in [1.807, 2.05) is 0 Å². The molecule has 0 saturated carbocycles. The van der Waals surface area contributed by atoms with Gasteiger partial charge in [0.2, 0.25) is 0 Å². The molecular weight excluding hydrogens is 214 g/mol. The van der Waals surface area contributed by atoms with Crippen LogP contribution in [0.5, 0.6) is 0 Å². The first-order valence-electron chi connectivity index (χ1n) is 6.09. The number of nitrogens with one attached hydrogen (secondary N) is 1. The number of nitrogen functional groups attached to an aromatic ring is 1. The van der Waals surface area contributed by atoms with Crippen molar-refractivity contribution in [2.45, 2.75) is 26.2 Å². The van der Waals surface area contributed by atoms with Crippen LogP contribution in [0, 0.1) is 11.3 Å². The smallest absolute Gasteiger partial charge is 0.162 e. The summed E-state index contributed by atoms with van der Waals surface area (Å²) in [5, 5.41) is 15.6. The third-order valence-corrected chi connectivity index (χ3v) is 3.31. The Hall–Kier alpha value is -1.65. The summed E-state index contributed by atoms with van der Waals surface area (Å²) in [6, 6.07) is 1.76. The molecule has 1 unspecified atom stereocenters. The Morgan fingerprint density at radius 2 is 2.29 bits per heavy atom. The third kappa shape index (κ3) is 2.72. The van der Waals surface area contributed by atoms with Crippen LogP contribution in [0.15, 0.2) is 12.3 Å². The molecule has 1 aromatic rings. The van der Waals surface area contributed by atoms with Crippen molar-refractivity contribution in [1.82, 2.24) is 10.2 Å². The molecule has 1 aromatic heterocycles. The normalized spacial score (nSPS) is 21.0. The van der Waals surface area contributed by atoms with Gasteiger partial charge in [0.05, 0.1) is 11.8 Å². The molecule has 5 nitrogen and oxygen atoms in total. The lowest BCUT2D eigenvalue weighted by Crippen LogP contribution is -2.28. The molecule has 1 aliphatic heterocycles. The second kappa shape index (κ2) is 5.12. The predicted molar refractivity (Wildman–Crippen MR) is 68.3 cm³/mol. The van der Waals surface area contributed by atoms with E-state index >= 15 is 0 Å². The molecule has 1 fully saturated rings. The van der Waals surface area contributed by atoms with Crippen molar-refractivity contribution in [3.8, 4) is 0 Å². The van der Waals surface area contributed by atoms with E-state index in [9.17, 15) is 0 Å². The zero-order valence-electron chi connectivity index (χ0n) is 10.2. The largest absolute Gasteiger partial charge is 0.384 e. The second-order valence-electron chi connectivity index (χ2n) is 4.71. The summed E-state index contributed by atoms with van der Waals surface area (Å²) in [5.74, 6) is 1.58. The Morgan fingerprint density at radius 3 is 3.06 bits per heavy atom. The van der Waals surface area contributed by atoms with E-state index in [0.717, 1.165) is 37.7 Å². The van der Waals surface area contributed by atoms with E-state index in [1.165, 1.54) is 6.42 Å². The van der Waals surface area contributed by atoms with Crippen molar-refractivity contribution in [3.05, 3.63) is 17.8 Å². The Balaban J connectivity index is 2.24. The van der Waals surface area contributed by atoms with Crippen LogP contribution < -0.4 is 10.6 Å². The van der Waals surface area contributed by atoms with Gasteiger partial charge in [-0.15, -0.1) is 5.10 Å². The first kappa shape index (κ1) is 11.8. The monoisotopic (exact) mass is 233 g/mol. The third-order valence-electron chi connectivity index (χ3n) is 3.31. The van der Waals surface area contributed by atoms with Gasteiger partial charge in [-0.1, -0.05) is 6.92 Å². The summed E-state index contributed by atoms with van der Waals surface area (Å²) in [6.45, 7) is 4.23. The predicted octanol–water partition coefficient (Wildman–Crippen LogP) is 1.39. The Labute approximate surface area is 102 Å². The van der Waals surface area contributed by atoms with Crippen LogP contribution in [0.1, 0.15) is 31.7 Å². The molecule has 0 amide bonds. The highest BCUT2D eigenvalue weighted by Gasteiger charge is 2.18. The van der Waals surface area contributed by atoms with Crippen LogP contribution in [0.3, 0.4) is 0 Å². The molecule has 0 spiro atoms. The quantitative estimate of drug-likeness (QED) is 0.597. The Bertz CT molecular complexity index is 404. The lowest BCUT2D eigenvalue weighted by Gasteiger charge is -2.22. The number of nitrogens with two attached hydrogens (primary N) is 1. The van der Waals surface area contributed by atoms with E-state index in [0.29, 0.717) is 5.56 Å². The van der Waals surface area contributed by atoms with E-state index in [4.69, 9.17) is 11.1 Å². The number of nitrogens with zero attached hydrogens (tertiary/aromatic N) is 3. The highest BCUT2D eigenvalue weighted by Crippen LogP contribution is 2.22. The summed E-state index contributed by atoms with van der Waals surface area (Å²) >= 11 is 0. The highest BCUT2D eigenvalue weighted by molar-refractivity contribution is 5.99. The topological polar surface area (TPSA) is 78.9 Å². The number of hydrogen-bond acceptors (Lipinski definition) is 4. The number of hydrogen-bond donors (Lipinski definition) is 2. The van der Waals surface area contributed by atoms with Crippen LogP contribution in [-0.4, -0.2) is 29.1 Å². The first-order valence-corrected chi connectivity index (χ1v) is 6.09. The van der Waals surface area contributed by atoms with Gasteiger partial charge in [-0.25, -0.2) is 0 Å². The molecule has 17 heavy (non-hydrogen) atoms. The maximum Gasteiger partial charge on any atom is 0.162 e. The fourth-order valence-electron chi connectivity index (χ4n) is 2.24. The van der Waals surface area contributed by atoms with Gasteiger partial charge in [0.25, 0.3) is 0 Å². The summed E-state index contributed by atoms with van der Waals surface area (Å²) < 4.78 is 0. The van der Waals surface area contributed by atoms with Gasteiger partial charge in [-0.3, -0.25) is 5.41 Å². The fraction of sp³-hybridized carbons (Fsp3) is 0.583. The molecule has 0 bridgehead atoms. The second-order valence-corrected chi connectivity index (χ2v) is 4.71. The van der Waals surface area contributed by atoms with Gasteiger partial charge in [0.1, 0.15) is 5.84 Å². The van der Waals surface area contributed by atoms with Gasteiger partial charge in [-0.2, -0.15) is 5.10 Å². The maximum atomic E-state index is 7.57. The highest BCUT2D eigenvalue weighted by atomic mass is 15.3. The maximum absolute atomic E-state index is 7.57. The lowest BCUT2D eigenvalue weighted by atomic mass is 10.0. The number of aromatic nitrogens is 2. The number of anilines is 1. The summed E-state index contributed by atoms with van der Waals surface area (Å²) in [4.78, 5) is 2.20. The van der Waals surface area contributed by atoms with Crippen LogP contribution >= 0.6 is 0 Å². The molecule has 92 valence electrons. The van der Waals surface area contributed by atoms with Crippen molar-refractivity contribution in [1.29, 1.82) is 5.41 Å². The van der Waals surface area contributed by atoms with Crippen molar-refractivity contribution >= 4 is 11.7 Å². The molecule has 1 atom stereocenters. The van der Waals surface area contributed by atoms with Gasteiger partial charge in [0, 0.05) is 13.1 Å². The molecular formula is C12H19N5. The zero-order chi connectivity index (χ0) is 12.3. The lowest BCUT2D eigenvalue weighted by molar-refractivity contribution is 0.521. The van der Waals surface area contributed by atoms with E-state index in [1.54, 1.807) is 12.3 Å². The number of rotatable bonds is 2. The fourth-order valence-corrected chi connectivity index (χ4v) is 2.24. The molecule has 1 aliphatic rings. The van der Waals surface area contributed by atoms with Gasteiger partial charge in [-0.05, 0) is 31.2 Å². The summed E-state index contributed by atoms with van der Waals surface area (Å²) in [6.07, 6.45) is 5.16. The molecule has 3 N–H and O–H groups in total. The van der Waals surface area contributed by atoms with E-state index in [-0.39, 0.29) is 5.84 Å². The molecule has 0 aliphatic carbocycles. The molecule has 0 aromatic carbocycles. The standard InChI is InChI=1S/C12H19N5/c1-9-3-2-7-17(8-5-9)12-10(11(13)14)4-6-15-16-12/h4,6,9H,2-3,5,7-8H2,1H3,(H3,13,14). The minimum atomic E-state index is 0.0622. The summed E-state index contributed by atoms with van der Waals surface area (Å²) in [5.41, 5.74) is 6.27. The van der Waals surface area contributed by atoms with Crippen molar-refractivity contribution in [2.75, 3.05) is 18.0 Å². The van der Waals surface area contributed by atoms with Crippen LogP contribution in [0.25, 0.3) is 0 Å². The average Bonchev–Trinajstić information content (AvgIpc) is 2.54. The molecule has 1 saturated heterocycles. The van der Waals surface area contributed by atoms with Crippen LogP contribution in [0.2, 0.25) is 0 Å². The van der Waals surface area contributed by atoms with Gasteiger partial charge >= 0.3 is 0 Å². The van der Waals surface area contributed by atoms with Crippen LogP contribution in [-0.2, 0) is 0 Å². The van der Waals surface area contributed by atoms with Crippen molar-refractivity contribution < 1.29 is 0 Å². The van der Waals surface area contributed by atoms with E-state index in [2.05, 4.69) is 22.0 Å². The van der Waals surface area contributed by atoms with Gasteiger partial charge in [0.15, 0.2) is 5.82 Å². The average molecular weight is 233 g/mol. The van der Waals surface area contributed by atoms with Crippen molar-refractivity contribution in [2.24, 2.45) is 11.7 Å². The molecule has 0 radical (unpaired) electrons. The Morgan fingerprint density at radius 1 is 1.47 bits per heavy atom. The Kier molecular flexibility index (Phi) is 3.56. The first-order chi connectivity index (χ1) is 8.18. The van der Waals surface area contributed by atoms with Crippen molar-refractivity contribution in [3.63, 3.8) is 0 Å². The molecule has 2 rings (SSSR count). The minimum absolute atomic E-state index is 0.0622. The molecule has 2 heterocycles. The van der Waals surface area contributed by atoms with Gasteiger partial charge < -0.3 is 10.6 Å².